The fraction of sp³-hybridized carbons (Fsp3) is 0.250. The summed E-state index contributed by atoms with van der Waals surface area (Å²) in [4.78, 5) is 4.73. The minimum absolute atomic E-state index is 0.452. The Morgan fingerprint density at radius 1 is 0.964 bits per heavy atom. The van der Waals surface area contributed by atoms with E-state index in [1.165, 1.54) is 14.1 Å². The van der Waals surface area contributed by atoms with Gasteiger partial charge in [-0.15, -0.1) is 0 Å². The third-order valence-corrected chi connectivity index (χ3v) is 5.85. The number of aromatic nitrogens is 1. The van der Waals surface area contributed by atoms with Crippen LogP contribution < -0.4 is 14.2 Å². The van der Waals surface area contributed by atoms with E-state index in [-0.39, 0.29) is 0 Å². The van der Waals surface area contributed by atoms with Crippen LogP contribution in [0.15, 0.2) is 42.5 Å². The van der Waals surface area contributed by atoms with Crippen LogP contribution in [0.2, 0.25) is 0 Å². The number of nitrogens with zero attached hydrogens (tertiary/aromatic N) is 2. The van der Waals surface area contributed by atoms with Gasteiger partial charge in [0.2, 0.25) is 0 Å². The highest BCUT2D eigenvalue weighted by Gasteiger charge is 2.14. The number of fused-ring (bicyclic) bond motifs is 1. The Hall–Kier alpha value is -2.84. The summed E-state index contributed by atoms with van der Waals surface area (Å²) >= 11 is 0. The van der Waals surface area contributed by atoms with Crippen LogP contribution in [0.4, 0.5) is 5.69 Å². The van der Waals surface area contributed by atoms with Crippen LogP contribution in [0.25, 0.3) is 22.2 Å². The number of hydrogen-bond acceptors (Lipinski definition) is 5. The van der Waals surface area contributed by atoms with Gasteiger partial charge in [0.25, 0.3) is 0 Å². The molecule has 0 radical (unpaired) electrons. The predicted molar refractivity (Wildman–Crippen MR) is 111 cm³/mol. The van der Waals surface area contributed by atoms with E-state index in [0.717, 1.165) is 26.5 Å². The molecule has 0 spiro atoms. The van der Waals surface area contributed by atoms with Crippen molar-refractivity contribution in [3.8, 4) is 22.8 Å². The molecule has 1 aromatic heterocycles. The van der Waals surface area contributed by atoms with Crippen LogP contribution in [0.1, 0.15) is 5.56 Å². The van der Waals surface area contributed by atoms with Gasteiger partial charge in [-0.2, -0.15) is 12.7 Å². The minimum Gasteiger partial charge on any atom is -0.497 e. The maximum Gasteiger partial charge on any atom is 0.301 e. The Morgan fingerprint density at radius 3 is 2.18 bits per heavy atom. The number of hydrogen-bond donors (Lipinski definition) is 1. The van der Waals surface area contributed by atoms with Crippen molar-refractivity contribution in [2.24, 2.45) is 0 Å². The van der Waals surface area contributed by atoms with Crippen molar-refractivity contribution in [1.82, 2.24) is 9.29 Å². The maximum atomic E-state index is 12.1. The molecule has 0 aliphatic rings. The molecule has 0 aliphatic heterocycles. The van der Waals surface area contributed by atoms with E-state index in [9.17, 15) is 8.42 Å². The van der Waals surface area contributed by atoms with Gasteiger partial charge in [0.1, 0.15) is 11.5 Å². The number of aryl methyl sites for hydroxylation is 1. The molecule has 0 fully saturated rings. The molecule has 0 aliphatic carbocycles. The Bertz CT molecular complexity index is 1110. The van der Waals surface area contributed by atoms with Gasteiger partial charge in [-0.05, 0) is 42.8 Å². The second-order valence-corrected chi connectivity index (χ2v) is 8.43. The normalized spacial score (nSPS) is 11.6. The van der Waals surface area contributed by atoms with Gasteiger partial charge in [0.05, 0.1) is 31.1 Å². The Kier molecular flexibility index (Phi) is 5.44. The monoisotopic (exact) mass is 401 g/mol. The molecule has 1 N–H and O–H groups in total. The SMILES string of the molecule is COc1cc(OC)cc(-c2cc(C)c3ccc(NS(=O)(=O)N(C)C)cc3n2)c1. The molecule has 0 amide bonds. The van der Waals surface area contributed by atoms with E-state index in [2.05, 4.69) is 4.72 Å². The number of rotatable bonds is 6. The molecule has 7 nitrogen and oxygen atoms in total. The van der Waals surface area contributed by atoms with Crippen LogP contribution >= 0.6 is 0 Å². The van der Waals surface area contributed by atoms with Gasteiger partial charge in [-0.3, -0.25) is 4.72 Å². The summed E-state index contributed by atoms with van der Waals surface area (Å²) < 4.78 is 38.5. The summed E-state index contributed by atoms with van der Waals surface area (Å²) in [6.07, 6.45) is 0. The van der Waals surface area contributed by atoms with E-state index in [1.54, 1.807) is 32.4 Å². The van der Waals surface area contributed by atoms with Crippen molar-refractivity contribution < 1.29 is 17.9 Å². The molecule has 1 heterocycles. The lowest BCUT2D eigenvalue weighted by atomic mass is 10.0. The molecule has 0 unspecified atom stereocenters. The fourth-order valence-corrected chi connectivity index (χ4v) is 3.42. The lowest BCUT2D eigenvalue weighted by molar-refractivity contribution is 0.394. The molecule has 28 heavy (non-hydrogen) atoms. The minimum atomic E-state index is -3.59. The number of ether oxygens (including phenoxy) is 2. The highest BCUT2D eigenvalue weighted by atomic mass is 32.2. The highest BCUT2D eigenvalue weighted by molar-refractivity contribution is 7.90. The molecule has 0 saturated heterocycles. The fourth-order valence-electron chi connectivity index (χ4n) is 2.81. The smallest absolute Gasteiger partial charge is 0.301 e. The lowest BCUT2D eigenvalue weighted by Gasteiger charge is -2.14. The quantitative estimate of drug-likeness (QED) is 0.684. The van der Waals surface area contributed by atoms with Crippen molar-refractivity contribution in [2.45, 2.75) is 6.92 Å². The lowest BCUT2D eigenvalue weighted by Crippen LogP contribution is -2.28. The van der Waals surface area contributed by atoms with Gasteiger partial charge >= 0.3 is 10.2 Å². The van der Waals surface area contributed by atoms with Gasteiger partial charge < -0.3 is 9.47 Å². The zero-order chi connectivity index (χ0) is 20.5. The molecule has 3 rings (SSSR count). The molecular formula is C20H23N3O4S. The number of methoxy groups -OCH3 is 2. The third kappa shape index (κ3) is 4.02. The van der Waals surface area contributed by atoms with Crippen molar-refractivity contribution in [3.63, 3.8) is 0 Å². The zero-order valence-electron chi connectivity index (χ0n) is 16.5. The topological polar surface area (TPSA) is 80.8 Å². The number of nitrogens with one attached hydrogen (secondary N) is 1. The number of benzene rings is 2. The first-order valence-corrected chi connectivity index (χ1v) is 10.0. The maximum absolute atomic E-state index is 12.1. The zero-order valence-corrected chi connectivity index (χ0v) is 17.3. The Morgan fingerprint density at radius 2 is 1.61 bits per heavy atom. The molecule has 0 atom stereocenters. The van der Waals surface area contributed by atoms with Crippen LogP contribution in [-0.4, -0.2) is 46.0 Å². The molecule has 148 valence electrons. The predicted octanol–water partition coefficient (Wildman–Crippen LogP) is 3.45. The van der Waals surface area contributed by atoms with Crippen molar-refractivity contribution in [3.05, 3.63) is 48.0 Å². The van der Waals surface area contributed by atoms with Gasteiger partial charge in [-0.1, -0.05) is 6.07 Å². The van der Waals surface area contributed by atoms with Crippen molar-refractivity contribution >= 4 is 26.8 Å². The van der Waals surface area contributed by atoms with Crippen molar-refractivity contribution in [2.75, 3.05) is 33.0 Å². The summed E-state index contributed by atoms with van der Waals surface area (Å²) in [7, 11) is 2.55. The first kappa shape index (κ1) is 19.9. The highest BCUT2D eigenvalue weighted by Crippen LogP contribution is 2.31. The second kappa shape index (κ2) is 7.65. The molecule has 2 aromatic carbocycles. The summed E-state index contributed by atoms with van der Waals surface area (Å²) in [5.41, 5.74) is 3.77. The Labute approximate surface area is 165 Å². The third-order valence-electron chi connectivity index (χ3n) is 4.39. The van der Waals surface area contributed by atoms with Gasteiger partial charge in [-0.25, -0.2) is 4.98 Å². The van der Waals surface area contributed by atoms with Crippen molar-refractivity contribution in [1.29, 1.82) is 0 Å². The summed E-state index contributed by atoms with van der Waals surface area (Å²) in [5, 5.41) is 0.950. The first-order chi connectivity index (χ1) is 13.2. The summed E-state index contributed by atoms with van der Waals surface area (Å²) in [6.45, 7) is 1.99. The van der Waals surface area contributed by atoms with Gasteiger partial charge in [0, 0.05) is 31.1 Å². The number of pyridine rings is 1. The molecule has 0 bridgehead atoms. The van der Waals surface area contributed by atoms with E-state index in [0.29, 0.717) is 22.7 Å². The van der Waals surface area contributed by atoms with E-state index in [1.807, 2.05) is 31.2 Å². The second-order valence-electron chi connectivity index (χ2n) is 6.55. The Balaban J connectivity index is 2.11. The largest absolute Gasteiger partial charge is 0.497 e. The van der Waals surface area contributed by atoms with E-state index >= 15 is 0 Å². The molecular weight excluding hydrogens is 378 g/mol. The average molecular weight is 401 g/mol. The van der Waals surface area contributed by atoms with E-state index in [4.69, 9.17) is 14.5 Å². The standard InChI is InChI=1S/C20H23N3O4S/c1-13-8-19(14-9-16(26-4)12-17(10-14)27-5)21-20-11-15(6-7-18(13)20)22-28(24,25)23(2)3/h6-12,22H,1-5H3. The number of anilines is 1. The first-order valence-electron chi connectivity index (χ1n) is 8.58. The molecule has 3 aromatic rings. The molecule has 0 saturated carbocycles. The molecule has 8 heteroatoms. The summed E-state index contributed by atoms with van der Waals surface area (Å²) in [6, 6.07) is 12.9. The van der Waals surface area contributed by atoms with Crippen LogP contribution in [-0.2, 0) is 10.2 Å². The van der Waals surface area contributed by atoms with Gasteiger partial charge in [0.15, 0.2) is 0 Å². The summed E-state index contributed by atoms with van der Waals surface area (Å²) in [5.74, 6) is 1.34. The van der Waals surface area contributed by atoms with Crippen LogP contribution in [0.5, 0.6) is 11.5 Å². The average Bonchev–Trinajstić information content (AvgIpc) is 2.66. The van der Waals surface area contributed by atoms with Crippen LogP contribution in [0.3, 0.4) is 0 Å². The van der Waals surface area contributed by atoms with E-state index < -0.39 is 10.2 Å². The van der Waals surface area contributed by atoms with Crippen LogP contribution in [0, 0.1) is 6.92 Å².